The van der Waals surface area contributed by atoms with E-state index in [1.807, 2.05) is 12.1 Å². The summed E-state index contributed by atoms with van der Waals surface area (Å²) in [5.41, 5.74) is 0.840. The summed E-state index contributed by atoms with van der Waals surface area (Å²) in [6.07, 6.45) is 39.9. The van der Waals surface area contributed by atoms with E-state index >= 15 is 0 Å². The zero-order chi connectivity index (χ0) is 36.9. The van der Waals surface area contributed by atoms with Crippen molar-refractivity contribution in [1.29, 1.82) is 0 Å². The number of carbonyl (C=O) groups excluding carboxylic acids is 1. The lowest BCUT2D eigenvalue weighted by Gasteiger charge is -2.19. The van der Waals surface area contributed by atoms with E-state index in [0.29, 0.717) is 37.1 Å². The Morgan fingerprint density at radius 3 is 1.08 bits per heavy atom. The first-order chi connectivity index (χ1) is 25.2. The van der Waals surface area contributed by atoms with Crippen molar-refractivity contribution in [3.05, 3.63) is 30.4 Å². The molecule has 5 heteroatoms. The molecule has 0 aliphatic rings. The summed E-state index contributed by atoms with van der Waals surface area (Å²) in [5, 5.41) is 0. The number of carbonyl (C=O) groups is 1. The van der Waals surface area contributed by atoms with Crippen LogP contribution < -0.4 is 14.2 Å². The highest BCUT2D eigenvalue weighted by atomic mass is 16.5. The molecule has 0 aliphatic heterocycles. The Morgan fingerprint density at radius 2 is 0.765 bits per heavy atom. The van der Waals surface area contributed by atoms with E-state index in [1.165, 1.54) is 179 Å². The highest BCUT2D eigenvalue weighted by Gasteiger charge is 2.17. The zero-order valence-corrected chi connectivity index (χ0v) is 34.0. The molecule has 5 nitrogen and oxygen atoms in total. The van der Waals surface area contributed by atoms with Gasteiger partial charge < -0.3 is 18.9 Å². The molecule has 1 aromatic carbocycles. The lowest BCUT2D eigenvalue weighted by Crippen LogP contribution is -2.08. The van der Waals surface area contributed by atoms with Crippen molar-refractivity contribution in [1.82, 2.24) is 0 Å². The third-order valence-electron chi connectivity index (χ3n) is 9.88. The number of unbranched alkanes of at least 4 members (excludes halogenated alkanes) is 27. The fraction of sp³-hybridized carbons (Fsp3) is 0.804. The lowest BCUT2D eigenvalue weighted by atomic mass is 10.1. The van der Waals surface area contributed by atoms with Crippen molar-refractivity contribution in [2.75, 3.05) is 19.8 Å². The van der Waals surface area contributed by atoms with Gasteiger partial charge in [0.25, 0.3) is 0 Å². The van der Waals surface area contributed by atoms with Crippen LogP contribution in [0, 0.1) is 0 Å². The Bertz CT molecular complexity index is 881. The maximum absolute atomic E-state index is 11.9. The van der Waals surface area contributed by atoms with Crippen LogP contribution in [-0.4, -0.2) is 25.8 Å². The number of esters is 1. The Hall–Kier alpha value is -2.17. The molecule has 0 amide bonds. The first-order valence-corrected chi connectivity index (χ1v) is 22.0. The van der Waals surface area contributed by atoms with Gasteiger partial charge in [-0.1, -0.05) is 201 Å². The van der Waals surface area contributed by atoms with Gasteiger partial charge in [-0.3, -0.25) is 0 Å². The van der Waals surface area contributed by atoms with Gasteiger partial charge in [0.05, 0.1) is 19.8 Å². The molecular formula is C46H82O5. The summed E-state index contributed by atoms with van der Waals surface area (Å²) in [7, 11) is 0. The van der Waals surface area contributed by atoms with Crippen LogP contribution in [0.25, 0.3) is 0 Å². The molecule has 0 saturated carbocycles. The van der Waals surface area contributed by atoms with Gasteiger partial charge in [0.1, 0.15) is 6.61 Å². The summed E-state index contributed by atoms with van der Waals surface area (Å²) in [6, 6.07) is 3.93. The molecule has 0 unspecified atom stereocenters. The number of benzene rings is 1. The smallest absolute Gasteiger partial charge is 0.330 e. The molecule has 1 aromatic rings. The number of hydrogen-bond acceptors (Lipinski definition) is 5. The van der Waals surface area contributed by atoms with Crippen molar-refractivity contribution in [2.24, 2.45) is 0 Å². The molecule has 1 rings (SSSR count). The molecule has 0 spiro atoms. The van der Waals surface area contributed by atoms with Crippen molar-refractivity contribution in [3.8, 4) is 17.2 Å². The molecule has 0 bridgehead atoms. The first kappa shape index (κ1) is 46.9. The highest BCUT2D eigenvalue weighted by Crippen LogP contribution is 2.40. The van der Waals surface area contributed by atoms with Gasteiger partial charge in [0.2, 0.25) is 5.75 Å². The van der Waals surface area contributed by atoms with Gasteiger partial charge in [0.15, 0.2) is 11.5 Å². The quantitative estimate of drug-likeness (QED) is 0.0386. The van der Waals surface area contributed by atoms with Gasteiger partial charge in [-0.05, 0) is 37.0 Å². The van der Waals surface area contributed by atoms with Gasteiger partial charge in [0, 0.05) is 6.08 Å². The lowest BCUT2D eigenvalue weighted by molar-refractivity contribution is -0.138. The molecule has 0 N–H and O–H groups in total. The molecule has 0 atom stereocenters. The Balaban J connectivity index is 2.75. The average molecular weight is 715 g/mol. The van der Waals surface area contributed by atoms with Crippen LogP contribution >= 0.6 is 0 Å². The summed E-state index contributed by atoms with van der Waals surface area (Å²) in [5.74, 6) is 1.66. The predicted molar refractivity (Wildman–Crippen MR) is 218 cm³/mol. The maximum Gasteiger partial charge on any atom is 0.330 e. The normalized spacial score (nSPS) is 11.1. The largest absolute Gasteiger partial charge is 0.490 e. The van der Waals surface area contributed by atoms with E-state index in [4.69, 9.17) is 18.9 Å². The summed E-state index contributed by atoms with van der Waals surface area (Å²) in [6.45, 7) is 12.4. The third-order valence-corrected chi connectivity index (χ3v) is 9.88. The SMILES string of the molecule is C=CC(=O)OCc1cc(OCCCCCCCCCCCC)c(OCCCCCCCCCCCC)c(OCCCCCCCCCCCC)c1. The van der Waals surface area contributed by atoms with E-state index in [1.54, 1.807) is 0 Å². The molecular weight excluding hydrogens is 633 g/mol. The second kappa shape index (κ2) is 36.2. The van der Waals surface area contributed by atoms with Crippen LogP contribution in [0.2, 0.25) is 0 Å². The molecule has 0 aromatic heterocycles. The Labute approximate surface area is 316 Å². The minimum absolute atomic E-state index is 0.146. The molecule has 0 saturated heterocycles. The number of rotatable bonds is 39. The van der Waals surface area contributed by atoms with E-state index in [-0.39, 0.29) is 6.61 Å². The Kier molecular flexibility index (Phi) is 33.3. The second-order valence-electron chi connectivity index (χ2n) is 14.8. The van der Waals surface area contributed by atoms with Crippen LogP contribution in [0.3, 0.4) is 0 Å². The Morgan fingerprint density at radius 1 is 0.471 bits per heavy atom. The van der Waals surface area contributed by atoms with Crippen molar-refractivity contribution >= 4 is 5.97 Å². The van der Waals surface area contributed by atoms with Crippen molar-refractivity contribution in [3.63, 3.8) is 0 Å². The molecule has 0 radical (unpaired) electrons. The van der Waals surface area contributed by atoms with Crippen LogP contribution in [0.4, 0.5) is 0 Å². The van der Waals surface area contributed by atoms with Crippen LogP contribution in [0.15, 0.2) is 24.8 Å². The zero-order valence-electron chi connectivity index (χ0n) is 34.0. The second-order valence-corrected chi connectivity index (χ2v) is 14.8. The summed E-state index contributed by atoms with van der Waals surface area (Å²) < 4.78 is 24.7. The van der Waals surface area contributed by atoms with Gasteiger partial charge in [-0.25, -0.2) is 4.79 Å². The van der Waals surface area contributed by atoms with E-state index < -0.39 is 5.97 Å². The van der Waals surface area contributed by atoms with Crippen molar-refractivity contribution in [2.45, 2.75) is 220 Å². The molecule has 296 valence electrons. The van der Waals surface area contributed by atoms with Crippen LogP contribution in [-0.2, 0) is 16.1 Å². The average Bonchev–Trinajstić information content (AvgIpc) is 3.14. The fourth-order valence-corrected chi connectivity index (χ4v) is 6.59. The maximum atomic E-state index is 11.9. The minimum atomic E-state index is -0.433. The van der Waals surface area contributed by atoms with Crippen LogP contribution in [0.1, 0.15) is 219 Å². The molecule has 51 heavy (non-hydrogen) atoms. The third kappa shape index (κ3) is 28.1. The topological polar surface area (TPSA) is 54.0 Å². The predicted octanol–water partition coefficient (Wildman–Crippen LogP) is 14.8. The minimum Gasteiger partial charge on any atom is -0.490 e. The number of hydrogen-bond donors (Lipinski definition) is 0. The highest BCUT2D eigenvalue weighted by molar-refractivity contribution is 5.81. The molecule has 0 aliphatic carbocycles. The fourth-order valence-electron chi connectivity index (χ4n) is 6.59. The van der Waals surface area contributed by atoms with Crippen molar-refractivity contribution < 1.29 is 23.7 Å². The standard InChI is InChI=1S/C46H82O5/c1-5-9-12-15-18-21-24-27-30-33-36-48-43-39-42(41-51-45(47)8-4)40-44(49-37-34-31-28-25-22-19-16-13-10-6-2)46(43)50-38-35-32-29-26-23-20-17-14-11-7-3/h8,39-40H,4-7,9-38,41H2,1-3H3. The van der Waals surface area contributed by atoms with E-state index in [2.05, 4.69) is 27.4 Å². The van der Waals surface area contributed by atoms with E-state index in [0.717, 1.165) is 24.8 Å². The number of ether oxygens (including phenoxy) is 4. The first-order valence-electron chi connectivity index (χ1n) is 22.0. The molecule has 0 fully saturated rings. The monoisotopic (exact) mass is 715 g/mol. The van der Waals surface area contributed by atoms with Gasteiger partial charge in [-0.15, -0.1) is 0 Å². The van der Waals surface area contributed by atoms with Crippen LogP contribution in [0.5, 0.6) is 17.2 Å². The summed E-state index contributed by atoms with van der Waals surface area (Å²) in [4.78, 5) is 11.9. The summed E-state index contributed by atoms with van der Waals surface area (Å²) >= 11 is 0. The van der Waals surface area contributed by atoms with E-state index in [9.17, 15) is 4.79 Å². The van der Waals surface area contributed by atoms with Gasteiger partial charge in [-0.2, -0.15) is 0 Å². The molecule has 0 heterocycles. The van der Waals surface area contributed by atoms with Gasteiger partial charge >= 0.3 is 5.97 Å².